The van der Waals surface area contributed by atoms with Crippen LogP contribution >= 0.6 is 0 Å². The number of nitrogens with zero attached hydrogens (tertiary/aromatic N) is 6. The summed E-state index contributed by atoms with van der Waals surface area (Å²) in [6.07, 6.45) is 0. The minimum absolute atomic E-state index is 0.574. The molecule has 0 amide bonds. The van der Waals surface area contributed by atoms with Gasteiger partial charge in [0.05, 0.1) is 33.5 Å². The van der Waals surface area contributed by atoms with Crippen LogP contribution in [0.15, 0.2) is 194 Å². The summed E-state index contributed by atoms with van der Waals surface area (Å²) >= 11 is 0. The number of para-hydroxylation sites is 2. The van der Waals surface area contributed by atoms with Gasteiger partial charge in [0.1, 0.15) is 0 Å². The van der Waals surface area contributed by atoms with E-state index in [1.165, 1.54) is 5.39 Å². The minimum atomic E-state index is 0.574. The average Bonchev–Trinajstić information content (AvgIpc) is 3.78. The number of pyridine rings is 1. The van der Waals surface area contributed by atoms with E-state index in [0.717, 1.165) is 77.6 Å². The highest BCUT2D eigenvalue weighted by molar-refractivity contribution is 6.19. The van der Waals surface area contributed by atoms with E-state index >= 15 is 0 Å². The molecule has 11 rings (SSSR count). The van der Waals surface area contributed by atoms with Crippen molar-refractivity contribution in [2.24, 2.45) is 0 Å². The number of fused-ring (bicyclic) bond motifs is 6. The second-order valence-electron chi connectivity index (χ2n) is 13.9. The zero-order chi connectivity index (χ0) is 37.0. The summed E-state index contributed by atoms with van der Waals surface area (Å²) in [5.74, 6) is 1.83. The van der Waals surface area contributed by atoms with E-state index in [1.807, 2.05) is 66.7 Å². The molecule has 0 atom stereocenters. The first-order valence-corrected chi connectivity index (χ1v) is 18.7. The van der Waals surface area contributed by atoms with Gasteiger partial charge < -0.3 is 4.57 Å². The lowest BCUT2D eigenvalue weighted by Crippen LogP contribution is -2.06. The van der Waals surface area contributed by atoms with Gasteiger partial charge in [-0.05, 0) is 48.5 Å². The lowest BCUT2D eigenvalue weighted by molar-refractivity contribution is 0.954. The first-order valence-electron chi connectivity index (χ1n) is 18.7. The summed E-state index contributed by atoms with van der Waals surface area (Å²) in [5.41, 5.74) is 11.3. The van der Waals surface area contributed by atoms with Gasteiger partial charge in [-0.2, -0.15) is 9.97 Å². The van der Waals surface area contributed by atoms with Crippen LogP contribution in [0.1, 0.15) is 0 Å². The van der Waals surface area contributed by atoms with Gasteiger partial charge in [-0.15, -0.1) is 0 Å². The van der Waals surface area contributed by atoms with Crippen LogP contribution in [-0.2, 0) is 0 Å². The zero-order valence-electron chi connectivity index (χ0n) is 30.2. The van der Waals surface area contributed by atoms with Crippen molar-refractivity contribution in [3.63, 3.8) is 0 Å². The van der Waals surface area contributed by atoms with Crippen LogP contribution in [0.2, 0.25) is 0 Å². The van der Waals surface area contributed by atoms with E-state index in [-0.39, 0.29) is 0 Å². The van der Waals surface area contributed by atoms with Gasteiger partial charge in [0.2, 0.25) is 5.95 Å². The van der Waals surface area contributed by atoms with E-state index in [0.29, 0.717) is 17.6 Å². The van der Waals surface area contributed by atoms with E-state index < -0.39 is 0 Å². The van der Waals surface area contributed by atoms with Crippen LogP contribution in [0.3, 0.4) is 0 Å². The summed E-state index contributed by atoms with van der Waals surface area (Å²) in [6, 6.07) is 67.4. The van der Waals surface area contributed by atoms with Gasteiger partial charge >= 0.3 is 0 Å². The fourth-order valence-electron chi connectivity index (χ4n) is 7.99. The van der Waals surface area contributed by atoms with Crippen LogP contribution in [0.25, 0.3) is 101 Å². The number of benzene rings is 7. The molecule has 0 radical (unpaired) electrons. The predicted molar refractivity (Wildman–Crippen MR) is 228 cm³/mol. The van der Waals surface area contributed by atoms with Crippen molar-refractivity contribution in [3.8, 4) is 56.9 Å². The van der Waals surface area contributed by atoms with Gasteiger partial charge in [0, 0.05) is 49.5 Å². The molecular formula is C50H32N6. The van der Waals surface area contributed by atoms with Crippen molar-refractivity contribution in [2.45, 2.75) is 0 Å². The van der Waals surface area contributed by atoms with Gasteiger partial charge in [-0.25, -0.2) is 9.97 Å². The number of hydrogen-bond acceptors (Lipinski definition) is 4. The number of hydrogen-bond donors (Lipinski definition) is 0. The van der Waals surface area contributed by atoms with Gasteiger partial charge in [-0.3, -0.25) is 4.57 Å². The first-order chi connectivity index (χ1) is 27.8. The Morgan fingerprint density at radius 1 is 0.286 bits per heavy atom. The van der Waals surface area contributed by atoms with Crippen molar-refractivity contribution in [1.82, 2.24) is 29.1 Å². The molecule has 0 aliphatic heterocycles. The summed E-state index contributed by atoms with van der Waals surface area (Å²) < 4.78 is 4.58. The SMILES string of the molecule is c1ccc(-c2cccc(-c3cccc(-n4c5ccccc5c5cc6c(cc54)c4ccccc4n6-c4nc(-c5ccccc5)nc(-c5ccccc5)n4)c3)n2)cc1. The fourth-order valence-corrected chi connectivity index (χ4v) is 7.99. The Kier molecular flexibility index (Phi) is 7.38. The van der Waals surface area contributed by atoms with Gasteiger partial charge in [-0.1, -0.05) is 146 Å². The molecule has 0 N–H and O–H groups in total. The highest BCUT2D eigenvalue weighted by Crippen LogP contribution is 2.40. The van der Waals surface area contributed by atoms with Crippen molar-refractivity contribution >= 4 is 43.6 Å². The molecule has 4 aromatic heterocycles. The van der Waals surface area contributed by atoms with Crippen molar-refractivity contribution < 1.29 is 0 Å². The summed E-state index contributed by atoms with van der Waals surface area (Å²) in [6.45, 7) is 0. The molecule has 6 heteroatoms. The second-order valence-corrected chi connectivity index (χ2v) is 13.9. The lowest BCUT2D eigenvalue weighted by atomic mass is 10.1. The topological polar surface area (TPSA) is 61.4 Å². The Morgan fingerprint density at radius 2 is 0.750 bits per heavy atom. The smallest absolute Gasteiger partial charge is 0.238 e. The highest BCUT2D eigenvalue weighted by Gasteiger charge is 2.21. The molecule has 0 saturated heterocycles. The van der Waals surface area contributed by atoms with Crippen molar-refractivity contribution in [3.05, 3.63) is 194 Å². The standard InChI is InChI=1S/C50H32N6/c1-4-16-33(17-5-1)42-26-15-27-43(51-42)36-22-14-23-37(30-36)55-44-28-12-10-24-38(44)40-32-47-41(31-46(40)55)39-25-11-13-29-45(39)56(47)50-53-48(34-18-6-2-7-19-34)52-49(54-50)35-20-8-3-9-21-35/h1-32H. The largest absolute Gasteiger partial charge is 0.309 e. The fraction of sp³-hybridized carbons (Fsp3) is 0. The summed E-state index contributed by atoms with van der Waals surface area (Å²) in [7, 11) is 0. The molecule has 4 heterocycles. The van der Waals surface area contributed by atoms with Gasteiger partial charge in [0.25, 0.3) is 0 Å². The van der Waals surface area contributed by atoms with E-state index in [1.54, 1.807) is 0 Å². The molecular weight excluding hydrogens is 685 g/mol. The Labute approximate surface area is 322 Å². The first kappa shape index (κ1) is 31.8. The average molecular weight is 717 g/mol. The maximum Gasteiger partial charge on any atom is 0.238 e. The third-order valence-electron chi connectivity index (χ3n) is 10.6. The minimum Gasteiger partial charge on any atom is -0.309 e. The molecule has 0 fully saturated rings. The van der Waals surface area contributed by atoms with E-state index in [9.17, 15) is 0 Å². The number of aromatic nitrogens is 6. The molecule has 7 aromatic carbocycles. The Morgan fingerprint density at radius 3 is 1.36 bits per heavy atom. The quantitative estimate of drug-likeness (QED) is 0.172. The Hall–Kier alpha value is -7.70. The maximum absolute atomic E-state index is 5.16. The normalized spacial score (nSPS) is 11.6. The number of rotatable bonds is 6. The van der Waals surface area contributed by atoms with Crippen LogP contribution in [0, 0.1) is 0 Å². The molecule has 56 heavy (non-hydrogen) atoms. The molecule has 0 aliphatic carbocycles. The molecule has 262 valence electrons. The summed E-state index contributed by atoms with van der Waals surface area (Å²) in [5, 5.41) is 4.56. The van der Waals surface area contributed by atoms with Crippen LogP contribution in [-0.4, -0.2) is 29.1 Å². The lowest BCUT2D eigenvalue weighted by Gasteiger charge is -2.12. The van der Waals surface area contributed by atoms with Crippen molar-refractivity contribution in [2.75, 3.05) is 0 Å². The molecule has 11 aromatic rings. The highest BCUT2D eigenvalue weighted by atomic mass is 15.2. The Bertz CT molecular complexity index is 3180. The van der Waals surface area contributed by atoms with Crippen LogP contribution in [0.5, 0.6) is 0 Å². The van der Waals surface area contributed by atoms with Crippen LogP contribution in [0.4, 0.5) is 0 Å². The molecule has 0 spiro atoms. The zero-order valence-corrected chi connectivity index (χ0v) is 30.2. The van der Waals surface area contributed by atoms with E-state index in [4.69, 9.17) is 19.9 Å². The molecule has 0 saturated carbocycles. The van der Waals surface area contributed by atoms with Crippen molar-refractivity contribution in [1.29, 1.82) is 0 Å². The monoisotopic (exact) mass is 716 g/mol. The summed E-state index contributed by atoms with van der Waals surface area (Å²) in [4.78, 5) is 20.4. The predicted octanol–water partition coefficient (Wildman–Crippen LogP) is 12.1. The molecule has 0 bridgehead atoms. The molecule has 6 nitrogen and oxygen atoms in total. The second kappa shape index (κ2) is 13.0. The molecule has 0 aliphatic rings. The third kappa shape index (κ3) is 5.27. The maximum atomic E-state index is 5.16. The van der Waals surface area contributed by atoms with Gasteiger partial charge in [0.15, 0.2) is 11.6 Å². The van der Waals surface area contributed by atoms with Crippen LogP contribution < -0.4 is 0 Å². The van der Waals surface area contributed by atoms with E-state index in [2.05, 4.69) is 137 Å². The molecule has 0 unspecified atom stereocenters. The Balaban J connectivity index is 1.14. The third-order valence-corrected chi connectivity index (χ3v) is 10.6.